The molecule has 2 fully saturated rings. The highest BCUT2D eigenvalue weighted by molar-refractivity contribution is 6.48. The Labute approximate surface area is 166 Å². The third-order valence-corrected chi connectivity index (χ3v) is 8.55. The summed E-state index contributed by atoms with van der Waals surface area (Å²) in [4.78, 5) is 13.0. The van der Waals surface area contributed by atoms with Crippen molar-refractivity contribution in [3.05, 3.63) is 34.9 Å². The predicted octanol–water partition coefficient (Wildman–Crippen LogP) is 5.39. The lowest BCUT2D eigenvalue weighted by Gasteiger charge is -2.49. The summed E-state index contributed by atoms with van der Waals surface area (Å²) in [5.74, 6) is 2.39. The summed E-state index contributed by atoms with van der Waals surface area (Å²) in [6, 6.07) is 7.26. The van der Waals surface area contributed by atoms with Crippen molar-refractivity contribution in [2.75, 3.05) is 6.61 Å². The molecule has 0 bridgehead atoms. The summed E-state index contributed by atoms with van der Waals surface area (Å²) >= 11 is 0. The molecule has 0 aliphatic heterocycles. The fraction of sp³-hybridized carbons (Fsp3) is 0.708. The van der Waals surface area contributed by atoms with Crippen LogP contribution in [0.4, 0.5) is 0 Å². The maximum Gasteiger partial charge on any atom is 0.170 e. The minimum atomic E-state index is -1.09. The van der Waals surface area contributed by atoms with Crippen LogP contribution in [0.15, 0.2) is 18.2 Å². The lowest BCUT2D eigenvalue weighted by atomic mass is 9.55. The number of aryl methyl sites for hydroxylation is 1. The third-order valence-electron chi connectivity index (χ3n) is 7.71. The Balaban J connectivity index is 1.63. The molecule has 27 heavy (non-hydrogen) atoms. The van der Waals surface area contributed by atoms with Crippen molar-refractivity contribution in [2.24, 2.45) is 17.3 Å². The van der Waals surface area contributed by atoms with Gasteiger partial charge >= 0.3 is 0 Å². The number of ketones is 1. The normalized spacial score (nSPS) is 33.0. The molecule has 3 aliphatic carbocycles. The first-order valence-electron chi connectivity index (χ1n) is 11.0. The average Bonchev–Trinajstić information content (AvgIpc) is 2.95. The predicted molar refractivity (Wildman–Crippen MR) is 114 cm³/mol. The van der Waals surface area contributed by atoms with E-state index in [9.17, 15) is 4.79 Å². The first-order valence-corrected chi connectivity index (χ1v) is 13.8. The van der Waals surface area contributed by atoms with Crippen LogP contribution in [-0.4, -0.2) is 21.4 Å². The molecule has 1 aromatic carbocycles. The van der Waals surface area contributed by atoms with Gasteiger partial charge < -0.3 is 4.43 Å². The molecule has 2 saturated carbocycles. The van der Waals surface area contributed by atoms with Gasteiger partial charge in [0, 0.05) is 13.0 Å². The molecule has 0 amide bonds. The van der Waals surface area contributed by atoms with E-state index in [1.807, 2.05) is 0 Å². The van der Waals surface area contributed by atoms with Crippen LogP contribution in [0, 0.1) is 17.3 Å². The molecular formula is C24H36O2Si. The second-order valence-electron chi connectivity index (χ2n) is 10.6. The minimum absolute atomic E-state index is 0.151. The SMILES string of the molecule is C[SiH](C)OC[C@]12CC[C@@H]3c4ccc(C(C)(C)C)cc4CC[C@H]3[C@@H]1CCC2=O. The molecule has 2 nitrogen and oxygen atoms in total. The minimum Gasteiger partial charge on any atom is -0.420 e. The van der Waals surface area contributed by atoms with Crippen LogP contribution in [0.25, 0.3) is 0 Å². The molecule has 3 aliphatic rings. The number of carbonyl (C=O) groups is 1. The van der Waals surface area contributed by atoms with E-state index in [1.165, 1.54) is 18.4 Å². The molecule has 3 heteroatoms. The van der Waals surface area contributed by atoms with Crippen LogP contribution in [0.1, 0.15) is 75.5 Å². The van der Waals surface area contributed by atoms with Crippen LogP contribution in [0.2, 0.25) is 13.1 Å². The Morgan fingerprint density at radius 3 is 2.63 bits per heavy atom. The van der Waals surface area contributed by atoms with Crippen LogP contribution >= 0.6 is 0 Å². The molecule has 0 spiro atoms. The second-order valence-corrected chi connectivity index (χ2v) is 13.0. The molecular weight excluding hydrogens is 348 g/mol. The van der Waals surface area contributed by atoms with E-state index in [0.717, 1.165) is 25.7 Å². The molecule has 0 N–H and O–H groups in total. The molecule has 0 radical (unpaired) electrons. The van der Waals surface area contributed by atoms with Crippen LogP contribution < -0.4 is 0 Å². The van der Waals surface area contributed by atoms with Gasteiger partial charge in [0.2, 0.25) is 0 Å². The molecule has 1 aromatic rings. The van der Waals surface area contributed by atoms with E-state index in [0.29, 0.717) is 30.1 Å². The van der Waals surface area contributed by atoms with Crippen molar-refractivity contribution in [2.45, 2.75) is 83.7 Å². The lowest BCUT2D eigenvalue weighted by molar-refractivity contribution is -0.133. The van der Waals surface area contributed by atoms with Gasteiger partial charge in [0.25, 0.3) is 0 Å². The zero-order valence-electron chi connectivity index (χ0n) is 17.8. The zero-order chi connectivity index (χ0) is 19.4. The summed E-state index contributed by atoms with van der Waals surface area (Å²) in [5, 5.41) is 0. The van der Waals surface area contributed by atoms with Crippen LogP contribution in [0.3, 0.4) is 0 Å². The molecule has 148 valence electrons. The fourth-order valence-electron chi connectivity index (χ4n) is 6.21. The van der Waals surface area contributed by atoms with E-state index < -0.39 is 9.04 Å². The molecule has 0 aromatic heterocycles. The smallest absolute Gasteiger partial charge is 0.170 e. The Kier molecular flexibility index (Phi) is 4.91. The van der Waals surface area contributed by atoms with Gasteiger partial charge in [0.1, 0.15) is 5.78 Å². The Morgan fingerprint density at radius 1 is 1.15 bits per heavy atom. The number of hydrogen-bond acceptors (Lipinski definition) is 2. The Morgan fingerprint density at radius 2 is 1.93 bits per heavy atom. The van der Waals surface area contributed by atoms with Crippen molar-refractivity contribution in [1.82, 2.24) is 0 Å². The number of Topliss-reactive ketones (excluding diaryl/α,β-unsaturated/α-hetero) is 1. The summed E-state index contributed by atoms with van der Waals surface area (Å²) in [6.07, 6.45) is 6.52. The van der Waals surface area contributed by atoms with E-state index >= 15 is 0 Å². The van der Waals surface area contributed by atoms with E-state index in [4.69, 9.17) is 4.43 Å². The maximum absolute atomic E-state index is 13.0. The highest BCUT2D eigenvalue weighted by Gasteiger charge is 2.57. The maximum atomic E-state index is 13.0. The van der Waals surface area contributed by atoms with Gasteiger partial charge in [-0.3, -0.25) is 4.79 Å². The second kappa shape index (κ2) is 6.84. The highest BCUT2D eigenvalue weighted by Crippen LogP contribution is 2.60. The summed E-state index contributed by atoms with van der Waals surface area (Å²) in [7, 11) is -1.09. The quantitative estimate of drug-likeness (QED) is 0.653. The lowest BCUT2D eigenvalue weighted by Crippen LogP contribution is -2.47. The van der Waals surface area contributed by atoms with Gasteiger partial charge in [0.15, 0.2) is 9.04 Å². The van der Waals surface area contributed by atoms with Crippen LogP contribution in [-0.2, 0) is 21.1 Å². The number of hydrogen-bond donors (Lipinski definition) is 0. The monoisotopic (exact) mass is 384 g/mol. The first-order chi connectivity index (χ1) is 12.7. The molecule has 0 heterocycles. The van der Waals surface area contributed by atoms with Crippen molar-refractivity contribution in [3.8, 4) is 0 Å². The first kappa shape index (κ1) is 19.4. The highest BCUT2D eigenvalue weighted by atomic mass is 28.3. The third kappa shape index (κ3) is 3.25. The van der Waals surface area contributed by atoms with Crippen molar-refractivity contribution in [1.29, 1.82) is 0 Å². The molecule has 0 unspecified atom stereocenters. The van der Waals surface area contributed by atoms with Gasteiger partial charge in [-0.15, -0.1) is 0 Å². The van der Waals surface area contributed by atoms with Gasteiger partial charge in [-0.1, -0.05) is 39.0 Å². The molecule has 4 rings (SSSR count). The van der Waals surface area contributed by atoms with E-state index in [-0.39, 0.29) is 10.8 Å². The average molecular weight is 385 g/mol. The van der Waals surface area contributed by atoms with Gasteiger partial charge in [0.05, 0.1) is 5.41 Å². The Bertz CT molecular complexity index is 732. The van der Waals surface area contributed by atoms with E-state index in [2.05, 4.69) is 52.1 Å². The zero-order valence-corrected chi connectivity index (χ0v) is 19.0. The largest absolute Gasteiger partial charge is 0.420 e. The number of fused-ring (bicyclic) bond motifs is 5. The number of benzene rings is 1. The topological polar surface area (TPSA) is 26.3 Å². The van der Waals surface area contributed by atoms with E-state index in [1.54, 1.807) is 11.1 Å². The standard InChI is InChI=1S/C24H36O2Si/c1-23(2,3)17-7-9-18-16(14-17)6-8-20-19(18)12-13-24(15-26-27(4)5)21(20)10-11-22(24)25/h7,9,14,19-21,27H,6,8,10-13,15H2,1-5H3/t19-,20-,21+,24-/m1/s1. The molecule has 4 atom stereocenters. The van der Waals surface area contributed by atoms with Crippen molar-refractivity contribution in [3.63, 3.8) is 0 Å². The Hall–Kier alpha value is -0.933. The van der Waals surface area contributed by atoms with Crippen molar-refractivity contribution >= 4 is 14.8 Å². The van der Waals surface area contributed by atoms with Crippen LogP contribution in [0.5, 0.6) is 0 Å². The number of carbonyl (C=O) groups excluding carboxylic acids is 1. The van der Waals surface area contributed by atoms with Gasteiger partial charge in [-0.25, -0.2) is 0 Å². The number of rotatable bonds is 3. The van der Waals surface area contributed by atoms with Gasteiger partial charge in [-0.05, 0) is 85.1 Å². The summed E-state index contributed by atoms with van der Waals surface area (Å²) in [6.45, 7) is 12.1. The summed E-state index contributed by atoms with van der Waals surface area (Å²) < 4.78 is 6.18. The summed E-state index contributed by atoms with van der Waals surface area (Å²) in [5.41, 5.74) is 4.68. The fourth-order valence-corrected chi connectivity index (χ4v) is 6.84. The van der Waals surface area contributed by atoms with Gasteiger partial charge in [-0.2, -0.15) is 0 Å². The van der Waals surface area contributed by atoms with Crippen molar-refractivity contribution < 1.29 is 9.22 Å². The molecule has 0 saturated heterocycles.